The van der Waals surface area contributed by atoms with E-state index in [0.29, 0.717) is 16.7 Å². The van der Waals surface area contributed by atoms with E-state index in [2.05, 4.69) is 20.9 Å². The van der Waals surface area contributed by atoms with Crippen molar-refractivity contribution in [2.75, 3.05) is 0 Å². The van der Waals surface area contributed by atoms with Crippen molar-refractivity contribution in [3.8, 4) is 5.69 Å². The number of benzene rings is 2. The Bertz CT molecular complexity index is 1170. The summed E-state index contributed by atoms with van der Waals surface area (Å²) in [6.07, 6.45) is 5.40. The van der Waals surface area contributed by atoms with E-state index < -0.39 is 0 Å². The molecule has 126 valence electrons. The van der Waals surface area contributed by atoms with Gasteiger partial charge in [0.15, 0.2) is 0 Å². The van der Waals surface area contributed by atoms with E-state index in [9.17, 15) is 4.79 Å². The van der Waals surface area contributed by atoms with Gasteiger partial charge in [0.05, 0.1) is 22.3 Å². The number of rotatable bonds is 3. The van der Waals surface area contributed by atoms with Crippen LogP contribution in [-0.2, 0) is 0 Å². The van der Waals surface area contributed by atoms with Crippen LogP contribution in [0.3, 0.4) is 0 Å². The average molecular weight is 404 g/mol. The second kappa shape index (κ2) is 7.06. The van der Waals surface area contributed by atoms with Crippen LogP contribution in [0, 0.1) is 0 Å². The van der Waals surface area contributed by atoms with Gasteiger partial charge in [0.2, 0.25) is 0 Å². The summed E-state index contributed by atoms with van der Waals surface area (Å²) in [5, 5.41) is 0.582. The van der Waals surface area contributed by atoms with Crippen LogP contribution in [0.15, 0.2) is 82.2 Å². The van der Waals surface area contributed by atoms with Gasteiger partial charge in [-0.25, -0.2) is 4.98 Å². The number of pyridine rings is 1. The third kappa shape index (κ3) is 3.09. The maximum Gasteiger partial charge on any atom is 0.266 e. The molecular weight excluding hydrogens is 390 g/mol. The molecule has 0 amide bonds. The third-order valence-electron chi connectivity index (χ3n) is 3.99. The molecular formula is C21H14BrN3O. The van der Waals surface area contributed by atoms with Crippen molar-refractivity contribution in [1.82, 2.24) is 14.5 Å². The normalized spacial score (nSPS) is 11.3. The molecule has 0 aliphatic rings. The zero-order valence-electron chi connectivity index (χ0n) is 13.7. The fourth-order valence-corrected chi connectivity index (χ4v) is 3.22. The number of aromatic nitrogens is 3. The lowest BCUT2D eigenvalue weighted by Crippen LogP contribution is -2.22. The molecule has 2 aromatic heterocycles. The first-order valence-corrected chi connectivity index (χ1v) is 8.89. The van der Waals surface area contributed by atoms with Gasteiger partial charge in [-0.05, 0) is 64.5 Å². The Morgan fingerprint density at radius 2 is 1.65 bits per heavy atom. The topological polar surface area (TPSA) is 47.8 Å². The molecule has 2 heterocycles. The molecule has 0 saturated carbocycles. The zero-order valence-corrected chi connectivity index (χ0v) is 15.3. The molecule has 0 aliphatic carbocycles. The largest absolute Gasteiger partial charge is 0.268 e. The van der Waals surface area contributed by atoms with Crippen molar-refractivity contribution >= 4 is 39.0 Å². The van der Waals surface area contributed by atoms with Crippen LogP contribution in [0.5, 0.6) is 0 Å². The molecule has 0 bridgehead atoms. The Labute approximate surface area is 158 Å². The van der Waals surface area contributed by atoms with E-state index in [0.717, 1.165) is 15.9 Å². The van der Waals surface area contributed by atoms with E-state index in [1.54, 1.807) is 16.8 Å². The molecule has 0 unspecified atom stereocenters. The number of halogens is 1. The number of hydrogen-bond acceptors (Lipinski definition) is 3. The van der Waals surface area contributed by atoms with Crippen LogP contribution in [0.25, 0.3) is 28.7 Å². The number of nitrogens with zero attached hydrogens (tertiary/aromatic N) is 3. The first-order chi connectivity index (χ1) is 12.7. The highest BCUT2D eigenvalue weighted by Gasteiger charge is 2.12. The monoisotopic (exact) mass is 403 g/mol. The average Bonchev–Trinajstić information content (AvgIpc) is 2.68. The van der Waals surface area contributed by atoms with Crippen molar-refractivity contribution in [3.05, 3.63) is 99.3 Å². The Balaban J connectivity index is 1.99. The van der Waals surface area contributed by atoms with E-state index in [1.165, 1.54) is 0 Å². The number of para-hydroxylation sites is 2. The standard InChI is InChI=1S/C21H14BrN3O/c22-17-9-2-4-11-19(17)25-20(13-12-15-7-5-6-14-23-15)24-18-10-3-1-8-16(18)21(25)26/h1-14H. The van der Waals surface area contributed by atoms with Crippen molar-refractivity contribution in [1.29, 1.82) is 0 Å². The molecule has 0 saturated heterocycles. The Morgan fingerprint density at radius 3 is 2.46 bits per heavy atom. The quantitative estimate of drug-likeness (QED) is 0.497. The van der Waals surface area contributed by atoms with Crippen molar-refractivity contribution in [2.45, 2.75) is 0 Å². The molecule has 0 atom stereocenters. The van der Waals surface area contributed by atoms with Gasteiger partial charge in [0.1, 0.15) is 5.82 Å². The fraction of sp³-hybridized carbons (Fsp3) is 0. The molecule has 0 spiro atoms. The zero-order chi connectivity index (χ0) is 17.9. The summed E-state index contributed by atoms with van der Waals surface area (Å²) in [7, 11) is 0. The highest BCUT2D eigenvalue weighted by Crippen LogP contribution is 2.22. The van der Waals surface area contributed by atoms with Crippen LogP contribution < -0.4 is 5.56 Å². The second-order valence-corrected chi connectivity index (χ2v) is 6.52. The molecule has 4 rings (SSSR count). The summed E-state index contributed by atoms with van der Waals surface area (Å²) in [6.45, 7) is 0. The van der Waals surface area contributed by atoms with Gasteiger partial charge in [0, 0.05) is 10.7 Å². The minimum Gasteiger partial charge on any atom is -0.268 e. The Morgan fingerprint density at radius 1 is 0.885 bits per heavy atom. The molecule has 4 aromatic rings. The predicted octanol–water partition coefficient (Wildman–Crippen LogP) is 4.71. The Hall–Kier alpha value is -3.05. The van der Waals surface area contributed by atoms with Crippen LogP contribution in [0.2, 0.25) is 0 Å². The summed E-state index contributed by atoms with van der Waals surface area (Å²) in [6, 6.07) is 20.7. The van der Waals surface area contributed by atoms with Gasteiger partial charge in [-0.3, -0.25) is 14.3 Å². The summed E-state index contributed by atoms with van der Waals surface area (Å²) in [5.74, 6) is 0.547. The van der Waals surface area contributed by atoms with Crippen LogP contribution in [-0.4, -0.2) is 14.5 Å². The summed E-state index contributed by atoms with van der Waals surface area (Å²) in [4.78, 5) is 22.1. The molecule has 0 aliphatic heterocycles. The summed E-state index contributed by atoms with van der Waals surface area (Å²) >= 11 is 3.54. The lowest BCUT2D eigenvalue weighted by molar-refractivity contribution is 0.939. The van der Waals surface area contributed by atoms with Crippen molar-refractivity contribution in [2.24, 2.45) is 0 Å². The predicted molar refractivity (Wildman–Crippen MR) is 108 cm³/mol. The van der Waals surface area contributed by atoms with E-state index >= 15 is 0 Å². The third-order valence-corrected chi connectivity index (χ3v) is 4.66. The number of hydrogen-bond donors (Lipinski definition) is 0. The molecule has 5 heteroatoms. The highest BCUT2D eigenvalue weighted by molar-refractivity contribution is 9.10. The van der Waals surface area contributed by atoms with Crippen LogP contribution >= 0.6 is 15.9 Å². The van der Waals surface area contributed by atoms with Gasteiger partial charge < -0.3 is 0 Å². The maximum atomic E-state index is 13.2. The minimum absolute atomic E-state index is 0.108. The van der Waals surface area contributed by atoms with Gasteiger partial charge in [-0.1, -0.05) is 30.3 Å². The van der Waals surface area contributed by atoms with Gasteiger partial charge in [0.25, 0.3) is 5.56 Å². The van der Waals surface area contributed by atoms with Gasteiger partial charge in [-0.15, -0.1) is 0 Å². The summed E-state index contributed by atoms with van der Waals surface area (Å²) < 4.78 is 2.44. The SMILES string of the molecule is O=c1c2ccccc2nc(C=Cc2ccccn2)n1-c1ccccc1Br. The van der Waals surface area contributed by atoms with E-state index in [-0.39, 0.29) is 5.56 Å². The first kappa shape index (κ1) is 16.4. The lowest BCUT2D eigenvalue weighted by Gasteiger charge is -2.12. The van der Waals surface area contributed by atoms with Gasteiger partial charge >= 0.3 is 0 Å². The van der Waals surface area contributed by atoms with Gasteiger partial charge in [-0.2, -0.15) is 0 Å². The molecule has 0 fully saturated rings. The van der Waals surface area contributed by atoms with E-state index in [1.807, 2.05) is 72.8 Å². The fourth-order valence-electron chi connectivity index (χ4n) is 2.76. The number of fused-ring (bicyclic) bond motifs is 1. The molecule has 2 aromatic carbocycles. The maximum absolute atomic E-state index is 13.2. The second-order valence-electron chi connectivity index (χ2n) is 5.67. The minimum atomic E-state index is -0.108. The Kier molecular flexibility index (Phi) is 4.46. The molecule has 26 heavy (non-hydrogen) atoms. The first-order valence-electron chi connectivity index (χ1n) is 8.10. The molecule has 0 N–H and O–H groups in total. The molecule has 4 nitrogen and oxygen atoms in total. The van der Waals surface area contributed by atoms with Crippen LogP contribution in [0.1, 0.15) is 11.5 Å². The van der Waals surface area contributed by atoms with Crippen molar-refractivity contribution < 1.29 is 0 Å². The smallest absolute Gasteiger partial charge is 0.266 e. The lowest BCUT2D eigenvalue weighted by atomic mass is 10.2. The van der Waals surface area contributed by atoms with Crippen LogP contribution in [0.4, 0.5) is 0 Å². The van der Waals surface area contributed by atoms with Crippen molar-refractivity contribution in [3.63, 3.8) is 0 Å². The van der Waals surface area contributed by atoms with E-state index in [4.69, 9.17) is 4.98 Å². The highest BCUT2D eigenvalue weighted by atomic mass is 79.9. The summed E-state index contributed by atoms with van der Waals surface area (Å²) in [5.41, 5.74) is 2.11. The molecule has 0 radical (unpaired) electrons.